The number of aromatic nitrogens is 2. The molecule has 0 saturated carbocycles. The van der Waals surface area contributed by atoms with E-state index in [0.29, 0.717) is 0 Å². The van der Waals surface area contributed by atoms with Crippen molar-refractivity contribution in [2.45, 2.75) is 27.7 Å². The molecular weight excluding hydrogens is 792 g/mol. The number of hydrogen-bond acceptors (Lipinski definition) is 4. The van der Waals surface area contributed by atoms with Crippen LogP contribution in [0.25, 0.3) is 33.6 Å². The molecule has 2 aliphatic heterocycles. The molecule has 50 heavy (non-hydrogen) atoms. The molecule has 0 aliphatic carbocycles. The van der Waals surface area contributed by atoms with Gasteiger partial charge in [0.05, 0.1) is 0 Å². The fourth-order valence-electron chi connectivity index (χ4n) is 6.60. The Morgan fingerprint density at radius 3 is 2.02 bits per heavy atom. The van der Waals surface area contributed by atoms with Crippen LogP contribution in [0.5, 0.6) is 23.0 Å². The van der Waals surface area contributed by atoms with Gasteiger partial charge in [-0.1, -0.05) is 114 Å². The Morgan fingerprint density at radius 1 is 0.600 bits per heavy atom. The third-order valence-electron chi connectivity index (χ3n) is 9.33. The van der Waals surface area contributed by atoms with E-state index < -0.39 is 0 Å². The van der Waals surface area contributed by atoms with E-state index in [1.165, 1.54) is 27.8 Å². The zero-order valence-corrected chi connectivity index (χ0v) is 30.6. The van der Waals surface area contributed by atoms with Gasteiger partial charge < -0.3 is 19.4 Å². The zero-order valence-electron chi connectivity index (χ0n) is 28.2. The maximum atomic E-state index is 6.41. The first-order valence-corrected chi connectivity index (χ1v) is 16.5. The minimum atomic E-state index is 0. The molecule has 0 atom stereocenters. The van der Waals surface area contributed by atoms with Crippen LogP contribution in [0.3, 0.4) is 0 Å². The van der Waals surface area contributed by atoms with Crippen LogP contribution in [0, 0.1) is 39.8 Å². The molecule has 0 spiro atoms. The average molecular weight is 825 g/mol. The van der Waals surface area contributed by atoms with Gasteiger partial charge in [-0.3, -0.25) is 0 Å². The minimum Gasteiger partial charge on any atom is -0.503 e. The van der Waals surface area contributed by atoms with Gasteiger partial charge in [0, 0.05) is 44.0 Å². The number of pyridine rings is 2. The van der Waals surface area contributed by atoms with Crippen molar-refractivity contribution in [3.63, 3.8) is 0 Å². The maximum absolute atomic E-state index is 6.41. The average Bonchev–Trinajstić information content (AvgIpc) is 3.13. The summed E-state index contributed by atoms with van der Waals surface area (Å²) >= 11 is 0. The second kappa shape index (κ2) is 13.9. The largest absolute Gasteiger partial charge is 0.503 e. The van der Waals surface area contributed by atoms with Crippen molar-refractivity contribution < 1.29 is 29.6 Å². The van der Waals surface area contributed by atoms with Gasteiger partial charge in [0.1, 0.15) is 11.5 Å². The standard InChI is InChI=1S/C24H15BNO2.C20H18N.Ir/c1-15-12-13-26-19(14-15)16-10-11-22-23-24(16)28-21-9-5-3-7-18(21)25(23)17-6-2-4-8-20(17)27-22;1-14-9-10-18(20-11-15(2)16(3)13-21-20)12-19(14)17-7-5-4-6-8-17;/h2-9,11-14H,1H3;4-9,11-13H,1-3H3;/q2*-1;. The molecule has 0 N–H and O–H groups in total. The maximum Gasteiger partial charge on any atom is 0.239 e. The predicted octanol–water partition coefficient (Wildman–Crippen LogP) is 8.72. The van der Waals surface area contributed by atoms with Gasteiger partial charge in [-0.2, -0.15) is 0 Å². The number of fused-ring (bicyclic) bond motifs is 4. The van der Waals surface area contributed by atoms with Crippen molar-refractivity contribution >= 4 is 23.1 Å². The van der Waals surface area contributed by atoms with Crippen LogP contribution < -0.4 is 25.9 Å². The number of rotatable bonds is 3. The normalized spacial score (nSPS) is 11.7. The van der Waals surface area contributed by atoms with Crippen molar-refractivity contribution in [3.8, 4) is 56.6 Å². The quantitative estimate of drug-likeness (QED) is 0.132. The fourth-order valence-corrected chi connectivity index (χ4v) is 6.60. The first-order chi connectivity index (χ1) is 23.9. The third kappa shape index (κ3) is 6.17. The Balaban J connectivity index is 0.000000161. The molecule has 2 aliphatic rings. The topological polar surface area (TPSA) is 44.2 Å². The fraction of sp³-hybridized carbons (Fsp3) is 0.0909. The molecule has 245 valence electrons. The summed E-state index contributed by atoms with van der Waals surface area (Å²) in [4.78, 5) is 9.11. The van der Waals surface area contributed by atoms with Crippen LogP contribution in [0.4, 0.5) is 0 Å². The van der Waals surface area contributed by atoms with Crippen LogP contribution in [-0.4, -0.2) is 16.7 Å². The van der Waals surface area contributed by atoms with Crippen molar-refractivity contribution in [2.75, 3.05) is 0 Å². The van der Waals surface area contributed by atoms with Crippen LogP contribution in [0.2, 0.25) is 0 Å². The number of aryl methyl sites for hydroxylation is 4. The van der Waals surface area contributed by atoms with Crippen molar-refractivity contribution in [2.24, 2.45) is 0 Å². The molecular formula is C44H33BIrN2O2-2. The Hall–Kier alpha value is -5.29. The summed E-state index contributed by atoms with van der Waals surface area (Å²) in [7, 11) is 0. The monoisotopic (exact) mass is 825 g/mol. The summed E-state index contributed by atoms with van der Waals surface area (Å²) < 4.78 is 12.6. The molecule has 1 radical (unpaired) electrons. The second-order valence-corrected chi connectivity index (χ2v) is 12.7. The van der Waals surface area contributed by atoms with Crippen molar-refractivity contribution in [1.82, 2.24) is 9.97 Å². The van der Waals surface area contributed by atoms with E-state index >= 15 is 0 Å². The molecule has 7 aromatic rings. The number of ether oxygens (including phenoxy) is 2. The Kier molecular flexibility index (Phi) is 9.24. The first-order valence-electron chi connectivity index (χ1n) is 16.5. The van der Waals surface area contributed by atoms with Gasteiger partial charge in [0.25, 0.3) is 0 Å². The van der Waals surface area contributed by atoms with Crippen LogP contribution in [-0.2, 0) is 20.1 Å². The molecule has 4 heterocycles. The van der Waals surface area contributed by atoms with E-state index in [1.807, 2.05) is 54.9 Å². The van der Waals surface area contributed by atoms with Gasteiger partial charge in [-0.25, -0.2) is 0 Å². The van der Waals surface area contributed by atoms with E-state index in [-0.39, 0.29) is 26.8 Å². The smallest absolute Gasteiger partial charge is 0.239 e. The molecule has 2 aromatic heterocycles. The van der Waals surface area contributed by atoms with Gasteiger partial charge >= 0.3 is 0 Å². The zero-order chi connectivity index (χ0) is 33.5. The molecule has 5 aromatic carbocycles. The summed E-state index contributed by atoms with van der Waals surface area (Å²) in [6.07, 6.45) is 3.76. The van der Waals surface area contributed by atoms with E-state index in [0.717, 1.165) is 67.5 Å². The van der Waals surface area contributed by atoms with Gasteiger partial charge in [-0.15, -0.1) is 41.5 Å². The van der Waals surface area contributed by atoms with E-state index in [1.54, 1.807) is 0 Å². The summed E-state index contributed by atoms with van der Waals surface area (Å²) in [6, 6.07) is 45.9. The summed E-state index contributed by atoms with van der Waals surface area (Å²) in [5.74, 6) is 3.34. The van der Waals surface area contributed by atoms with Crippen molar-refractivity contribution in [1.29, 1.82) is 0 Å². The summed E-state index contributed by atoms with van der Waals surface area (Å²) in [5, 5.41) is 0. The van der Waals surface area contributed by atoms with Crippen LogP contribution in [0.1, 0.15) is 22.3 Å². The Labute approximate surface area is 307 Å². The number of nitrogens with zero attached hydrogens (tertiary/aromatic N) is 2. The van der Waals surface area contributed by atoms with Gasteiger partial charge in [0.15, 0.2) is 0 Å². The molecule has 0 saturated heterocycles. The molecule has 0 bridgehead atoms. The Morgan fingerprint density at radius 2 is 1.30 bits per heavy atom. The molecule has 9 rings (SSSR count). The first kappa shape index (κ1) is 33.2. The van der Waals surface area contributed by atoms with E-state index in [2.05, 4.69) is 123 Å². The molecule has 0 amide bonds. The van der Waals surface area contributed by atoms with Crippen molar-refractivity contribution in [3.05, 3.63) is 162 Å². The van der Waals surface area contributed by atoms with E-state index in [4.69, 9.17) is 9.47 Å². The van der Waals surface area contributed by atoms with Gasteiger partial charge in [0.2, 0.25) is 6.71 Å². The molecule has 4 nitrogen and oxygen atoms in total. The number of benzene rings is 5. The minimum absolute atomic E-state index is 0. The van der Waals surface area contributed by atoms with Crippen LogP contribution in [0.15, 0.2) is 128 Å². The number of hydrogen-bond donors (Lipinski definition) is 0. The number of para-hydroxylation sites is 2. The third-order valence-corrected chi connectivity index (χ3v) is 9.33. The Bertz CT molecular complexity index is 2350. The van der Waals surface area contributed by atoms with Gasteiger partial charge in [-0.05, 0) is 72.4 Å². The molecule has 0 fully saturated rings. The predicted molar refractivity (Wildman–Crippen MR) is 199 cm³/mol. The second-order valence-electron chi connectivity index (χ2n) is 12.7. The molecule has 6 heteroatoms. The van der Waals surface area contributed by atoms with E-state index in [9.17, 15) is 0 Å². The summed E-state index contributed by atoms with van der Waals surface area (Å²) in [6.45, 7) is 8.45. The van der Waals surface area contributed by atoms with Crippen LogP contribution >= 0.6 is 0 Å². The molecule has 0 unspecified atom stereocenters. The summed E-state index contributed by atoms with van der Waals surface area (Å²) in [5.41, 5.74) is 14.4. The SMILES string of the molecule is Cc1ccnc(-c2[c-]cc3c4c2Oc2ccccc2B4c2ccccc2O3)c1.Cc1cnc(-c2[c-]cc(C)c(-c3ccccc3)c2)cc1C.[Ir].